The Bertz CT molecular complexity index is 846. The van der Waals surface area contributed by atoms with Crippen molar-refractivity contribution >= 4 is 27.3 Å². The first-order chi connectivity index (χ1) is 10.1. The maximum atomic E-state index is 12.1. The van der Waals surface area contributed by atoms with Crippen LogP contribution in [0.2, 0.25) is 5.02 Å². The van der Waals surface area contributed by atoms with Gasteiger partial charge in [-0.15, -0.1) is 5.10 Å². The van der Waals surface area contributed by atoms with Crippen LogP contribution in [0.3, 0.4) is 0 Å². The van der Waals surface area contributed by atoms with Gasteiger partial charge in [-0.3, -0.25) is 9.82 Å². The van der Waals surface area contributed by atoms with Gasteiger partial charge in [-0.25, -0.2) is 13.1 Å². The molecule has 2 heterocycles. The van der Waals surface area contributed by atoms with Crippen LogP contribution in [-0.4, -0.2) is 38.8 Å². The molecule has 0 saturated heterocycles. The average molecular weight is 326 g/mol. The van der Waals surface area contributed by atoms with Crippen LogP contribution in [-0.2, 0) is 10.0 Å². The van der Waals surface area contributed by atoms with Crippen LogP contribution >= 0.6 is 11.6 Å². The fraction of sp³-hybridized carbons (Fsp3) is 0. The zero-order chi connectivity index (χ0) is 14.9. The van der Waals surface area contributed by atoms with Gasteiger partial charge in [0.1, 0.15) is 11.2 Å². The quantitative estimate of drug-likeness (QED) is 0.733. The summed E-state index contributed by atoms with van der Waals surface area (Å²) < 4.78 is 28.0. The Morgan fingerprint density at radius 1 is 1.33 bits per heavy atom. The molecule has 0 aliphatic carbocycles. The zero-order valence-corrected chi connectivity index (χ0v) is 11.9. The number of sulfonamides is 1. The Balaban J connectivity index is 1.97. The molecule has 21 heavy (non-hydrogen) atoms. The number of anilines is 1. The number of hydrogen-bond acceptors (Lipinski definition) is 6. The second-order valence-corrected chi connectivity index (χ2v) is 6.05. The number of rotatable bonds is 4. The molecule has 0 atom stereocenters. The molecule has 3 rings (SSSR count). The van der Waals surface area contributed by atoms with Crippen molar-refractivity contribution in [2.45, 2.75) is 4.90 Å². The molecule has 0 spiro atoms. The number of aromatic nitrogens is 6. The Morgan fingerprint density at radius 3 is 2.86 bits per heavy atom. The first-order valence-electron chi connectivity index (χ1n) is 5.61. The van der Waals surface area contributed by atoms with Gasteiger partial charge >= 0.3 is 0 Å². The highest BCUT2D eigenvalue weighted by Gasteiger charge is 2.17. The number of H-pyrrole nitrogens is 1. The van der Waals surface area contributed by atoms with Crippen LogP contribution in [0, 0.1) is 0 Å². The van der Waals surface area contributed by atoms with Crippen LogP contribution in [0.5, 0.6) is 0 Å². The van der Waals surface area contributed by atoms with E-state index in [0.29, 0.717) is 5.69 Å². The molecule has 108 valence electrons. The molecule has 0 aliphatic heterocycles. The average Bonchev–Trinajstić information content (AvgIpc) is 3.14. The van der Waals surface area contributed by atoms with E-state index >= 15 is 0 Å². The summed E-state index contributed by atoms with van der Waals surface area (Å²) >= 11 is 6.01. The molecule has 11 heteroatoms. The normalized spacial score (nSPS) is 11.5. The molecule has 0 saturated carbocycles. The lowest BCUT2D eigenvalue weighted by Gasteiger charge is -2.09. The Hall–Kier alpha value is -2.46. The molecule has 1 aromatic carbocycles. The van der Waals surface area contributed by atoms with Crippen LogP contribution in [0.4, 0.5) is 5.69 Å². The Morgan fingerprint density at radius 2 is 2.19 bits per heavy atom. The maximum Gasteiger partial charge on any atom is 0.265 e. The standard InChI is InChI=1S/C10H8ClN7O2S/c11-9-2-1-7(18-6-14-16-17-18)3-10(9)15-21(19,20)8-4-12-13-5-8/h1-6,15H,(H,12,13). The minimum atomic E-state index is -3.77. The third-order valence-corrected chi connectivity index (χ3v) is 4.25. The van der Waals surface area contributed by atoms with Gasteiger partial charge in [-0.05, 0) is 28.6 Å². The molecule has 2 N–H and O–H groups in total. The van der Waals surface area contributed by atoms with E-state index < -0.39 is 10.0 Å². The molecule has 0 aliphatic rings. The van der Waals surface area contributed by atoms with E-state index in [4.69, 9.17) is 11.6 Å². The molecular formula is C10H8ClN7O2S. The van der Waals surface area contributed by atoms with E-state index in [-0.39, 0.29) is 15.6 Å². The summed E-state index contributed by atoms with van der Waals surface area (Å²) in [6.45, 7) is 0. The lowest BCUT2D eigenvalue weighted by Crippen LogP contribution is -2.13. The van der Waals surface area contributed by atoms with E-state index in [0.717, 1.165) is 0 Å². The lowest BCUT2D eigenvalue weighted by atomic mass is 10.3. The van der Waals surface area contributed by atoms with Gasteiger partial charge in [0, 0.05) is 6.20 Å². The number of nitrogens with one attached hydrogen (secondary N) is 2. The molecule has 0 bridgehead atoms. The van der Waals surface area contributed by atoms with Gasteiger partial charge < -0.3 is 0 Å². The van der Waals surface area contributed by atoms with Crippen LogP contribution in [0.25, 0.3) is 5.69 Å². The second kappa shape index (κ2) is 5.14. The van der Waals surface area contributed by atoms with E-state index in [1.807, 2.05) is 0 Å². The van der Waals surface area contributed by atoms with Gasteiger partial charge in [0.25, 0.3) is 10.0 Å². The fourth-order valence-electron chi connectivity index (χ4n) is 1.60. The first kappa shape index (κ1) is 13.5. The summed E-state index contributed by atoms with van der Waals surface area (Å²) in [7, 11) is -3.77. The van der Waals surface area contributed by atoms with Crippen molar-refractivity contribution in [2.24, 2.45) is 0 Å². The topological polar surface area (TPSA) is 118 Å². The molecule has 0 radical (unpaired) electrons. The molecule has 3 aromatic rings. The molecule has 2 aromatic heterocycles. The summed E-state index contributed by atoms with van der Waals surface area (Å²) in [6.07, 6.45) is 3.85. The van der Waals surface area contributed by atoms with Crippen LogP contribution in [0.15, 0.2) is 41.8 Å². The molecule has 0 amide bonds. The fourth-order valence-corrected chi connectivity index (χ4v) is 2.80. The second-order valence-electron chi connectivity index (χ2n) is 3.96. The number of aromatic amines is 1. The summed E-state index contributed by atoms with van der Waals surface area (Å²) in [5, 5.41) is 17.0. The highest BCUT2D eigenvalue weighted by atomic mass is 35.5. The molecule has 0 fully saturated rings. The van der Waals surface area contributed by atoms with Crippen LogP contribution in [0.1, 0.15) is 0 Å². The number of nitrogens with zero attached hydrogens (tertiary/aromatic N) is 5. The molecular weight excluding hydrogens is 318 g/mol. The third kappa shape index (κ3) is 2.71. The largest absolute Gasteiger partial charge is 0.284 e. The highest BCUT2D eigenvalue weighted by molar-refractivity contribution is 7.92. The van der Waals surface area contributed by atoms with E-state index in [2.05, 4.69) is 30.4 Å². The van der Waals surface area contributed by atoms with Crippen molar-refractivity contribution in [2.75, 3.05) is 4.72 Å². The number of halogens is 1. The number of hydrogen-bond donors (Lipinski definition) is 2. The monoisotopic (exact) mass is 325 g/mol. The SMILES string of the molecule is O=S(=O)(Nc1cc(-n2cnnn2)ccc1Cl)c1cn[nH]c1. The van der Waals surface area contributed by atoms with Crippen LogP contribution < -0.4 is 4.72 Å². The zero-order valence-electron chi connectivity index (χ0n) is 10.3. The minimum absolute atomic E-state index is 0.00592. The smallest absolute Gasteiger partial charge is 0.265 e. The van der Waals surface area contributed by atoms with Crippen molar-refractivity contribution in [3.8, 4) is 5.69 Å². The predicted octanol–water partition coefficient (Wildman–Crippen LogP) is 0.840. The summed E-state index contributed by atoms with van der Waals surface area (Å²) in [4.78, 5) is 0.00592. The van der Waals surface area contributed by atoms with Gasteiger partial charge in [0.05, 0.1) is 22.6 Å². The van der Waals surface area contributed by atoms with Crippen molar-refractivity contribution in [1.82, 2.24) is 30.4 Å². The van der Waals surface area contributed by atoms with Crippen molar-refractivity contribution < 1.29 is 8.42 Å². The van der Waals surface area contributed by atoms with E-state index in [1.54, 1.807) is 12.1 Å². The minimum Gasteiger partial charge on any atom is -0.284 e. The maximum absolute atomic E-state index is 12.1. The molecule has 0 unspecified atom stereocenters. The van der Waals surface area contributed by atoms with E-state index in [9.17, 15) is 8.42 Å². The van der Waals surface area contributed by atoms with Gasteiger partial charge in [0.2, 0.25) is 0 Å². The summed E-state index contributed by atoms with van der Waals surface area (Å²) in [5.74, 6) is 0. The van der Waals surface area contributed by atoms with Gasteiger partial charge in [-0.1, -0.05) is 11.6 Å². The summed E-state index contributed by atoms with van der Waals surface area (Å²) in [6, 6.07) is 4.73. The number of tetrazole rings is 1. The van der Waals surface area contributed by atoms with E-state index in [1.165, 1.54) is 29.5 Å². The van der Waals surface area contributed by atoms with Gasteiger partial charge in [0.15, 0.2) is 0 Å². The van der Waals surface area contributed by atoms with Crippen molar-refractivity contribution in [3.63, 3.8) is 0 Å². The third-order valence-electron chi connectivity index (χ3n) is 2.59. The first-order valence-corrected chi connectivity index (χ1v) is 7.47. The van der Waals surface area contributed by atoms with Crippen molar-refractivity contribution in [1.29, 1.82) is 0 Å². The predicted molar refractivity (Wildman–Crippen MR) is 73.6 cm³/mol. The molecule has 9 nitrogen and oxygen atoms in total. The number of benzene rings is 1. The van der Waals surface area contributed by atoms with Crippen molar-refractivity contribution in [3.05, 3.63) is 41.9 Å². The highest BCUT2D eigenvalue weighted by Crippen LogP contribution is 2.26. The summed E-state index contributed by atoms with van der Waals surface area (Å²) in [5.41, 5.74) is 0.778. The Labute approximate surface area is 124 Å². The van der Waals surface area contributed by atoms with Gasteiger partial charge in [-0.2, -0.15) is 5.10 Å². The lowest BCUT2D eigenvalue weighted by molar-refractivity contribution is 0.601. The Kier molecular flexibility index (Phi) is 3.31.